The summed E-state index contributed by atoms with van der Waals surface area (Å²) in [5, 5.41) is 19.6. The van der Waals surface area contributed by atoms with Crippen molar-refractivity contribution in [3.05, 3.63) is 0 Å². The zero-order valence-corrected chi connectivity index (χ0v) is 15.1. The highest BCUT2D eigenvalue weighted by molar-refractivity contribution is 7.44. The van der Waals surface area contributed by atoms with Gasteiger partial charge in [0.05, 0.1) is 26.7 Å². The van der Waals surface area contributed by atoms with E-state index in [9.17, 15) is 19.7 Å². The van der Waals surface area contributed by atoms with Crippen LogP contribution in [0.5, 0.6) is 0 Å². The van der Waals surface area contributed by atoms with Crippen molar-refractivity contribution in [3.63, 3.8) is 0 Å². The highest BCUT2D eigenvalue weighted by atomic mass is 31.2. The maximum atomic E-state index is 10.5. The summed E-state index contributed by atoms with van der Waals surface area (Å²) >= 11 is 0. The van der Waals surface area contributed by atoms with Crippen molar-refractivity contribution in [2.75, 3.05) is 46.9 Å². The average molecular weight is 342 g/mol. The Kier molecular flexibility index (Phi) is 8.68. The first-order valence-corrected chi connectivity index (χ1v) is 8.88. The summed E-state index contributed by atoms with van der Waals surface area (Å²) < 4.78 is 15.4. The van der Waals surface area contributed by atoms with Crippen LogP contribution in [-0.4, -0.2) is 83.2 Å². The summed E-state index contributed by atoms with van der Waals surface area (Å²) in [4.78, 5) is 20.9. The van der Waals surface area contributed by atoms with Gasteiger partial charge < -0.3 is 29.0 Å². The Balaban J connectivity index is 4.25. The van der Waals surface area contributed by atoms with Crippen LogP contribution in [0.4, 0.5) is 0 Å². The van der Waals surface area contributed by atoms with Gasteiger partial charge >= 0.3 is 0 Å². The summed E-state index contributed by atoms with van der Waals surface area (Å²) in [5.74, 6) is 0. The van der Waals surface area contributed by atoms with Gasteiger partial charge in [0.15, 0.2) is 0 Å². The highest BCUT2D eigenvalue weighted by Crippen LogP contribution is 2.29. The number of aliphatic hydroxyl groups excluding tert-OH is 1. The van der Waals surface area contributed by atoms with Crippen LogP contribution in [0.3, 0.4) is 0 Å². The number of phosphoric ester groups is 1. The second kappa shape index (κ2) is 8.70. The molecule has 0 aromatic heterocycles. The van der Waals surface area contributed by atoms with Crippen LogP contribution in [0.15, 0.2) is 0 Å². The zero-order valence-electron chi connectivity index (χ0n) is 14.2. The lowest BCUT2D eigenvalue weighted by Crippen LogP contribution is -2.49. The molecule has 0 heterocycles. The fraction of sp³-hybridized carbons (Fsp3) is 1.00. The first kappa shape index (κ1) is 21.9. The van der Waals surface area contributed by atoms with Gasteiger partial charge in [-0.3, -0.25) is 9.46 Å². The van der Waals surface area contributed by atoms with Crippen LogP contribution in [0, 0.1) is 0 Å². The van der Waals surface area contributed by atoms with Gasteiger partial charge in [0.25, 0.3) is 7.82 Å². The molecule has 9 heteroatoms. The molecule has 0 aliphatic rings. The molecule has 0 rings (SSSR count). The van der Waals surface area contributed by atoms with Gasteiger partial charge in [-0.15, -0.1) is 0 Å². The van der Waals surface area contributed by atoms with Gasteiger partial charge in [-0.1, -0.05) is 0 Å². The topological polar surface area (TPSA) is 113 Å². The van der Waals surface area contributed by atoms with Crippen molar-refractivity contribution in [3.8, 4) is 0 Å². The number of aliphatic hydroxyl groups is 2. The number of hydrogen-bond donors (Lipinski definition) is 3. The molecule has 0 saturated heterocycles. The molecule has 0 radical (unpaired) electrons. The quantitative estimate of drug-likeness (QED) is 0.259. The molecule has 0 fully saturated rings. The molecule has 2 unspecified atom stereocenters. The van der Waals surface area contributed by atoms with Gasteiger partial charge in [0.2, 0.25) is 0 Å². The number of nitrogens with zero attached hydrogens (tertiary/aromatic N) is 2. The van der Waals surface area contributed by atoms with Crippen molar-refractivity contribution in [1.82, 2.24) is 4.90 Å². The monoisotopic (exact) mass is 342 g/mol. The van der Waals surface area contributed by atoms with E-state index in [-0.39, 0.29) is 6.61 Å². The smallest absolute Gasteiger partial charge is 0.265 e. The third-order valence-corrected chi connectivity index (χ3v) is 3.91. The first-order chi connectivity index (χ1) is 9.73. The van der Waals surface area contributed by atoms with Gasteiger partial charge in [-0.25, -0.2) is 0 Å². The molecule has 0 aromatic carbocycles. The number of phosphoric acid groups is 1. The lowest BCUT2D eigenvalue weighted by molar-refractivity contribution is -0.890. The van der Waals surface area contributed by atoms with Gasteiger partial charge in [0.1, 0.15) is 18.9 Å². The largest absolute Gasteiger partial charge is 0.756 e. The van der Waals surface area contributed by atoms with E-state index in [1.807, 2.05) is 14.1 Å². The Bertz CT molecular complexity index is 364. The molecule has 0 aliphatic heterocycles. The van der Waals surface area contributed by atoms with E-state index in [1.54, 1.807) is 25.7 Å². The zero-order chi connectivity index (χ0) is 17.6. The van der Waals surface area contributed by atoms with Crippen molar-refractivity contribution in [1.29, 1.82) is 0 Å². The minimum Gasteiger partial charge on any atom is -0.756 e. The van der Waals surface area contributed by atoms with Crippen LogP contribution >= 0.6 is 7.82 Å². The average Bonchev–Trinajstić information content (AvgIpc) is 2.23. The molecule has 0 aliphatic carbocycles. The van der Waals surface area contributed by atoms with E-state index in [0.29, 0.717) is 24.1 Å². The van der Waals surface area contributed by atoms with Gasteiger partial charge in [-0.05, 0) is 20.8 Å². The molecular weight excluding hydrogens is 311 g/mol. The van der Waals surface area contributed by atoms with Crippen LogP contribution in [0.25, 0.3) is 0 Å². The van der Waals surface area contributed by atoms with E-state index in [1.165, 1.54) is 0 Å². The molecule has 0 spiro atoms. The molecule has 3 N–H and O–H groups in total. The molecule has 22 heavy (non-hydrogen) atoms. The summed E-state index contributed by atoms with van der Waals surface area (Å²) in [7, 11) is -0.800. The molecule has 134 valence electrons. The first-order valence-electron chi connectivity index (χ1n) is 7.39. The van der Waals surface area contributed by atoms with E-state index in [2.05, 4.69) is 4.52 Å². The second-order valence-electron chi connectivity index (χ2n) is 6.83. The summed E-state index contributed by atoms with van der Waals surface area (Å²) in [6.07, 6.45) is 0.232. The van der Waals surface area contributed by atoms with Crippen LogP contribution in [0.1, 0.15) is 27.2 Å². The summed E-state index contributed by atoms with van der Waals surface area (Å²) in [6, 6.07) is 0. The number of hydrogen-bond acceptors (Lipinski definition) is 6. The number of likely N-dealkylation sites (N-methyl/N-ethyl adjacent to an activating group) is 1. The van der Waals surface area contributed by atoms with Crippen molar-refractivity contribution >= 4 is 7.82 Å². The van der Waals surface area contributed by atoms with Crippen molar-refractivity contribution in [2.24, 2.45) is 0 Å². The molecule has 2 atom stereocenters. The summed E-state index contributed by atoms with van der Waals surface area (Å²) in [6.45, 7) is 7.11. The van der Waals surface area contributed by atoms with Crippen LogP contribution in [0.2, 0.25) is 0 Å². The normalized spacial score (nSPS) is 17.5. The van der Waals surface area contributed by atoms with Gasteiger partial charge in [-0.2, -0.15) is 0 Å². The minimum absolute atomic E-state index is 0.0762. The molecule has 8 nitrogen and oxygen atoms in total. The molecule has 0 aromatic rings. The fourth-order valence-corrected chi connectivity index (χ4v) is 2.42. The third-order valence-electron chi connectivity index (χ3n) is 3.40. The van der Waals surface area contributed by atoms with E-state index in [0.717, 1.165) is 13.0 Å². The maximum absolute atomic E-state index is 10.5. The predicted molar refractivity (Wildman–Crippen MR) is 81.8 cm³/mol. The highest BCUT2D eigenvalue weighted by Gasteiger charge is 2.25. The van der Waals surface area contributed by atoms with E-state index < -0.39 is 19.7 Å². The Hall–Kier alpha value is -0.0500. The second-order valence-corrected chi connectivity index (χ2v) is 8.02. The lowest BCUT2D eigenvalue weighted by Gasteiger charge is -2.36. The minimum atomic E-state index is -4.66. The molecule has 0 bridgehead atoms. The predicted octanol–water partition coefficient (Wildman–Crippen LogP) is -0.659. The SMILES string of the molecule is CC(O)CN(CCC[N+](C)(C)CCOP(=O)([O-])O)C(C)(C)O. The fourth-order valence-electron chi connectivity index (χ4n) is 2.11. The number of rotatable bonds is 11. The Morgan fingerprint density at radius 3 is 2.32 bits per heavy atom. The van der Waals surface area contributed by atoms with Crippen LogP contribution < -0.4 is 4.89 Å². The Morgan fingerprint density at radius 2 is 1.91 bits per heavy atom. The van der Waals surface area contributed by atoms with Crippen molar-refractivity contribution < 1.29 is 33.6 Å². The maximum Gasteiger partial charge on any atom is 0.265 e. The molecule has 0 amide bonds. The Labute approximate surface area is 133 Å². The van der Waals surface area contributed by atoms with Crippen molar-refractivity contribution in [2.45, 2.75) is 39.0 Å². The standard InChI is InChI=1S/C13H31N2O6P/c1-12(16)11-14(13(2,3)17)7-6-8-15(4,5)9-10-21-22(18,19)20/h12,16-17H,6-11H2,1-5H3,(H-,18,19,20). The van der Waals surface area contributed by atoms with Gasteiger partial charge in [0, 0.05) is 19.5 Å². The lowest BCUT2D eigenvalue weighted by atomic mass is 10.2. The molecular formula is C13H31N2O6P. The van der Waals surface area contributed by atoms with E-state index in [4.69, 9.17) is 4.89 Å². The van der Waals surface area contributed by atoms with E-state index >= 15 is 0 Å². The molecule has 0 saturated carbocycles. The summed E-state index contributed by atoms with van der Waals surface area (Å²) in [5.41, 5.74) is -1.01. The third kappa shape index (κ3) is 11.5. The Morgan fingerprint density at radius 1 is 1.36 bits per heavy atom. The number of quaternary nitrogens is 1. The van der Waals surface area contributed by atoms with Crippen LogP contribution in [-0.2, 0) is 9.09 Å².